The second-order valence-corrected chi connectivity index (χ2v) is 7.18. The molecule has 132 valence electrons. The molecular weight excluding hydrogens is 324 g/mol. The van der Waals surface area contributed by atoms with E-state index in [1.54, 1.807) is 12.4 Å². The third-order valence-corrected chi connectivity index (χ3v) is 5.47. The summed E-state index contributed by atoms with van der Waals surface area (Å²) in [5.74, 6) is 0. The molecule has 2 N–H and O–H groups in total. The first kappa shape index (κ1) is 15.5. The van der Waals surface area contributed by atoms with Crippen molar-refractivity contribution in [2.75, 3.05) is 29.9 Å². The molecule has 1 saturated carbocycles. The number of nitrogens with zero attached hydrogens (tertiary/aromatic N) is 4. The summed E-state index contributed by atoms with van der Waals surface area (Å²) in [5.41, 5.74) is 5.72. The molecule has 6 nitrogen and oxygen atoms in total. The van der Waals surface area contributed by atoms with Crippen molar-refractivity contribution in [1.29, 1.82) is 0 Å². The third kappa shape index (κ3) is 2.76. The number of aromatic nitrogens is 3. The Hall–Kier alpha value is -2.73. The van der Waals surface area contributed by atoms with Crippen LogP contribution in [-0.2, 0) is 6.54 Å². The zero-order valence-corrected chi connectivity index (χ0v) is 14.7. The molecule has 26 heavy (non-hydrogen) atoms. The minimum atomic E-state index is 0.314. The van der Waals surface area contributed by atoms with Crippen molar-refractivity contribution >= 4 is 22.4 Å². The summed E-state index contributed by atoms with van der Waals surface area (Å²) >= 11 is 0. The fraction of sp³-hybridized carbons (Fsp3) is 0.350. The maximum Gasteiger partial charge on any atom is 0.0890 e. The molecule has 0 atom stereocenters. The second-order valence-electron chi connectivity index (χ2n) is 7.18. The molecule has 3 heterocycles. The standard InChI is InChI=1S/C20H22N6/c1-2-16-17(24-8-7-23-16)11-15(1)12-25-18-13-21-6-3-19(18)26-10-9-22-14-20(26)4-5-20/h1-3,6-8,11,13,22,25H,4-5,9-10,12,14H2. The van der Waals surface area contributed by atoms with Crippen molar-refractivity contribution in [3.05, 3.63) is 54.6 Å². The van der Waals surface area contributed by atoms with E-state index in [0.717, 1.165) is 42.9 Å². The van der Waals surface area contributed by atoms with Crippen LogP contribution in [-0.4, -0.2) is 40.1 Å². The number of piperazine rings is 1. The van der Waals surface area contributed by atoms with Gasteiger partial charge in [0.2, 0.25) is 0 Å². The van der Waals surface area contributed by atoms with Crippen molar-refractivity contribution in [2.45, 2.75) is 24.9 Å². The van der Waals surface area contributed by atoms with E-state index < -0.39 is 0 Å². The molecule has 1 saturated heterocycles. The van der Waals surface area contributed by atoms with Gasteiger partial charge in [0.15, 0.2) is 0 Å². The quantitative estimate of drug-likeness (QED) is 0.757. The number of hydrogen-bond acceptors (Lipinski definition) is 6. The first-order valence-corrected chi connectivity index (χ1v) is 9.20. The van der Waals surface area contributed by atoms with Gasteiger partial charge in [0, 0.05) is 44.8 Å². The predicted molar refractivity (Wildman–Crippen MR) is 103 cm³/mol. The van der Waals surface area contributed by atoms with Gasteiger partial charge in [0.1, 0.15) is 0 Å². The topological polar surface area (TPSA) is 66.0 Å². The minimum absolute atomic E-state index is 0.314. The normalized spacial score (nSPS) is 18.2. The van der Waals surface area contributed by atoms with Gasteiger partial charge in [-0.15, -0.1) is 0 Å². The van der Waals surface area contributed by atoms with E-state index in [1.165, 1.54) is 24.1 Å². The summed E-state index contributed by atoms with van der Waals surface area (Å²) in [6.07, 6.45) is 9.83. The van der Waals surface area contributed by atoms with E-state index in [4.69, 9.17) is 0 Å². The van der Waals surface area contributed by atoms with E-state index in [2.05, 4.69) is 48.7 Å². The summed E-state index contributed by atoms with van der Waals surface area (Å²) < 4.78 is 0. The lowest BCUT2D eigenvalue weighted by Gasteiger charge is -2.39. The number of benzene rings is 1. The Morgan fingerprint density at radius 3 is 2.85 bits per heavy atom. The number of pyridine rings is 1. The van der Waals surface area contributed by atoms with Gasteiger partial charge in [-0.1, -0.05) is 6.07 Å². The number of anilines is 2. The molecule has 2 fully saturated rings. The second kappa shape index (κ2) is 6.21. The average Bonchev–Trinajstić information content (AvgIpc) is 3.46. The van der Waals surface area contributed by atoms with Crippen molar-refractivity contribution < 1.29 is 0 Å². The first-order valence-electron chi connectivity index (χ1n) is 9.20. The van der Waals surface area contributed by atoms with Crippen LogP contribution < -0.4 is 15.5 Å². The van der Waals surface area contributed by atoms with E-state index in [9.17, 15) is 0 Å². The van der Waals surface area contributed by atoms with Crippen LogP contribution in [0.15, 0.2) is 49.1 Å². The molecule has 1 aliphatic heterocycles. The van der Waals surface area contributed by atoms with E-state index in [-0.39, 0.29) is 0 Å². The van der Waals surface area contributed by atoms with Crippen LogP contribution in [0.5, 0.6) is 0 Å². The summed E-state index contributed by atoms with van der Waals surface area (Å²) in [6.45, 7) is 3.90. The molecule has 1 aliphatic carbocycles. The van der Waals surface area contributed by atoms with Crippen molar-refractivity contribution in [1.82, 2.24) is 20.3 Å². The predicted octanol–water partition coefficient (Wildman–Crippen LogP) is 2.58. The smallest absolute Gasteiger partial charge is 0.0890 e. The molecule has 0 unspecified atom stereocenters. The zero-order valence-electron chi connectivity index (χ0n) is 14.7. The highest BCUT2D eigenvalue weighted by Crippen LogP contribution is 2.46. The van der Waals surface area contributed by atoms with Crippen LogP contribution in [0.4, 0.5) is 11.4 Å². The summed E-state index contributed by atoms with van der Waals surface area (Å²) in [6, 6.07) is 8.37. The Kier molecular flexibility index (Phi) is 3.71. The number of nitrogens with one attached hydrogen (secondary N) is 2. The Balaban J connectivity index is 1.38. The minimum Gasteiger partial charge on any atom is -0.378 e. The fourth-order valence-corrected chi connectivity index (χ4v) is 3.89. The van der Waals surface area contributed by atoms with E-state index in [0.29, 0.717) is 5.54 Å². The lowest BCUT2D eigenvalue weighted by atomic mass is 10.1. The number of rotatable bonds is 4. The van der Waals surface area contributed by atoms with Crippen LogP contribution in [0.25, 0.3) is 11.0 Å². The molecule has 2 aromatic heterocycles. The molecule has 6 heteroatoms. The molecule has 5 rings (SSSR count). The highest BCUT2D eigenvalue weighted by molar-refractivity contribution is 5.75. The number of hydrogen-bond donors (Lipinski definition) is 2. The van der Waals surface area contributed by atoms with Crippen molar-refractivity contribution in [3.8, 4) is 0 Å². The van der Waals surface area contributed by atoms with Crippen LogP contribution in [0.3, 0.4) is 0 Å². The largest absolute Gasteiger partial charge is 0.378 e. The zero-order chi connectivity index (χ0) is 17.4. The van der Waals surface area contributed by atoms with E-state index in [1.807, 2.05) is 18.5 Å². The highest BCUT2D eigenvalue weighted by atomic mass is 15.3. The van der Waals surface area contributed by atoms with Gasteiger partial charge in [-0.05, 0) is 36.6 Å². The molecule has 0 bridgehead atoms. The van der Waals surface area contributed by atoms with E-state index >= 15 is 0 Å². The third-order valence-electron chi connectivity index (χ3n) is 5.47. The van der Waals surface area contributed by atoms with Gasteiger partial charge < -0.3 is 15.5 Å². The fourth-order valence-electron chi connectivity index (χ4n) is 3.89. The Morgan fingerprint density at radius 1 is 1.08 bits per heavy atom. The maximum atomic E-state index is 4.40. The van der Waals surface area contributed by atoms with Crippen LogP contribution in [0, 0.1) is 0 Å². The molecule has 1 aromatic carbocycles. The molecule has 0 radical (unpaired) electrons. The monoisotopic (exact) mass is 346 g/mol. The molecule has 2 aliphatic rings. The van der Waals surface area contributed by atoms with Gasteiger partial charge in [-0.3, -0.25) is 15.0 Å². The molecule has 1 spiro atoms. The van der Waals surface area contributed by atoms with Crippen LogP contribution in [0.2, 0.25) is 0 Å². The van der Waals surface area contributed by atoms with Gasteiger partial charge in [-0.25, -0.2) is 0 Å². The summed E-state index contributed by atoms with van der Waals surface area (Å²) in [4.78, 5) is 15.6. The van der Waals surface area contributed by atoms with Gasteiger partial charge in [0.05, 0.1) is 34.1 Å². The van der Waals surface area contributed by atoms with Gasteiger partial charge >= 0.3 is 0 Å². The van der Waals surface area contributed by atoms with Crippen molar-refractivity contribution in [3.63, 3.8) is 0 Å². The summed E-state index contributed by atoms with van der Waals surface area (Å²) in [7, 11) is 0. The Bertz CT molecular complexity index is 936. The SMILES string of the molecule is c1cc(N2CCNCC23CC3)c(NCc2ccc3nccnc3c2)cn1. The van der Waals surface area contributed by atoms with Crippen molar-refractivity contribution in [2.24, 2.45) is 0 Å². The Labute approximate surface area is 152 Å². The lowest BCUT2D eigenvalue weighted by molar-refractivity contribution is 0.464. The maximum absolute atomic E-state index is 4.40. The molecular formula is C20H22N6. The van der Waals surface area contributed by atoms with Crippen LogP contribution in [0.1, 0.15) is 18.4 Å². The van der Waals surface area contributed by atoms with Crippen LogP contribution >= 0.6 is 0 Å². The van der Waals surface area contributed by atoms with Gasteiger partial charge in [0.25, 0.3) is 0 Å². The first-order chi connectivity index (χ1) is 12.8. The highest BCUT2D eigenvalue weighted by Gasteiger charge is 2.49. The summed E-state index contributed by atoms with van der Waals surface area (Å²) in [5, 5.41) is 7.13. The number of fused-ring (bicyclic) bond motifs is 1. The van der Waals surface area contributed by atoms with Gasteiger partial charge in [-0.2, -0.15) is 0 Å². The average molecular weight is 346 g/mol. The lowest BCUT2D eigenvalue weighted by Crippen LogP contribution is -2.53. The Morgan fingerprint density at radius 2 is 1.96 bits per heavy atom. The molecule has 3 aromatic rings. The molecule has 0 amide bonds.